The molecule has 0 spiro atoms. The van der Waals surface area contributed by atoms with Gasteiger partial charge in [0, 0.05) is 24.8 Å². The summed E-state index contributed by atoms with van der Waals surface area (Å²) in [5.41, 5.74) is 2.53. The van der Waals surface area contributed by atoms with Crippen molar-refractivity contribution >= 4 is 5.69 Å². The van der Waals surface area contributed by atoms with E-state index in [0.717, 1.165) is 51.5 Å². The van der Waals surface area contributed by atoms with E-state index in [0.29, 0.717) is 5.92 Å². The normalized spacial score (nSPS) is 18.4. The fourth-order valence-electron chi connectivity index (χ4n) is 2.24. The lowest BCUT2D eigenvalue weighted by Gasteiger charge is -2.11. The Hall–Kier alpha value is -1.32. The second kappa shape index (κ2) is 7.97. The summed E-state index contributed by atoms with van der Waals surface area (Å²) >= 11 is 0. The van der Waals surface area contributed by atoms with Crippen LogP contribution in [0.25, 0.3) is 0 Å². The van der Waals surface area contributed by atoms with Gasteiger partial charge in [0.2, 0.25) is 0 Å². The highest BCUT2D eigenvalue weighted by Gasteiger charge is 2.17. The number of benzene rings is 1. The SMILES string of the molecule is C=CCCOCCNc1cccc(C2CCOC2)c1. The Balaban J connectivity index is 1.74. The van der Waals surface area contributed by atoms with E-state index in [1.54, 1.807) is 0 Å². The Kier molecular flexibility index (Phi) is 5.92. The second-order valence-electron chi connectivity index (χ2n) is 4.80. The van der Waals surface area contributed by atoms with Crippen LogP contribution in [0.4, 0.5) is 5.69 Å². The van der Waals surface area contributed by atoms with Crippen LogP contribution in [-0.4, -0.2) is 33.0 Å². The zero-order valence-electron chi connectivity index (χ0n) is 11.4. The minimum Gasteiger partial charge on any atom is -0.383 e. The Labute approximate surface area is 115 Å². The summed E-state index contributed by atoms with van der Waals surface area (Å²) in [6.45, 7) is 7.73. The lowest BCUT2D eigenvalue weighted by molar-refractivity contribution is 0.149. The number of ether oxygens (including phenoxy) is 2. The highest BCUT2D eigenvalue weighted by molar-refractivity contribution is 5.46. The smallest absolute Gasteiger partial charge is 0.0639 e. The monoisotopic (exact) mass is 261 g/mol. The van der Waals surface area contributed by atoms with Gasteiger partial charge in [-0.2, -0.15) is 0 Å². The molecule has 0 aromatic heterocycles. The maximum absolute atomic E-state index is 5.47. The second-order valence-corrected chi connectivity index (χ2v) is 4.80. The van der Waals surface area contributed by atoms with Crippen molar-refractivity contribution in [1.82, 2.24) is 0 Å². The summed E-state index contributed by atoms with van der Waals surface area (Å²) < 4.78 is 10.9. The predicted molar refractivity (Wildman–Crippen MR) is 78.7 cm³/mol. The lowest BCUT2D eigenvalue weighted by Crippen LogP contribution is -2.10. The third-order valence-electron chi connectivity index (χ3n) is 3.33. The number of anilines is 1. The summed E-state index contributed by atoms with van der Waals surface area (Å²) in [6.07, 6.45) is 3.92. The van der Waals surface area contributed by atoms with Crippen LogP contribution in [0, 0.1) is 0 Å². The Morgan fingerprint density at radius 2 is 2.37 bits per heavy atom. The molecule has 1 heterocycles. The molecule has 19 heavy (non-hydrogen) atoms. The van der Waals surface area contributed by atoms with Crippen molar-refractivity contribution in [2.45, 2.75) is 18.8 Å². The Bertz CT molecular complexity index is 386. The van der Waals surface area contributed by atoms with Crippen molar-refractivity contribution in [3.63, 3.8) is 0 Å². The molecule has 3 nitrogen and oxygen atoms in total. The zero-order valence-corrected chi connectivity index (χ0v) is 11.4. The van der Waals surface area contributed by atoms with Gasteiger partial charge in [-0.1, -0.05) is 18.2 Å². The average Bonchev–Trinajstić information content (AvgIpc) is 2.97. The van der Waals surface area contributed by atoms with Gasteiger partial charge in [-0.25, -0.2) is 0 Å². The van der Waals surface area contributed by atoms with Crippen LogP contribution in [-0.2, 0) is 9.47 Å². The van der Waals surface area contributed by atoms with Gasteiger partial charge in [0.25, 0.3) is 0 Å². The van der Waals surface area contributed by atoms with Crippen LogP contribution >= 0.6 is 0 Å². The van der Waals surface area contributed by atoms with E-state index in [1.807, 2.05) is 6.08 Å². The van der Waals surface area contributed by atoms with Gasteiger partial charge in [0.15, 0.2) is 0 Å². The van der Waals surface area contributed by atoms with E-state index < -0.39 is 0 Å². The van der Waals surface area contributed by atoms with Crippen molar-refractivity contribution in [2.24, 2.45) is 0 Å². The van der Waals surface area contributed by atoms with Gasteiger partial charge in [0.05, 0.1) is 19.8 Å². The maximum atomic E-state index is 5.47. The van der Waals surface area contributed by atoms with Gasteiger partial charge in [-0.05, 0) is 30.5 Å². The van der Waals surface area contributed by atoms with Crippen molar-refractivity contribution in [3.8, 4) is 0 Å². The third kappa shape index (κ3) is 4.69. The molecule has 1 unspecified atom stereocenters. The van der Waals surface area contributed by atoms with E-state index in [-0.39, 0.29) is 0 Å². The van der Waals surface area contributed by atoms with Gasteiger partial charge in [-0.15, -0.1) is 6.58 Å². The molecule has 1 saturated heterocycles. The molecule has 1 aromatic rings. The molecule has 2 rings (SSSR count). The summed E-state index contributed by atoms with van der Waals surface area (Å²) in [5, 5.41) is 3.39. The van der Waals surface area contributed by atoms with Gasteiger partial charge in [-0.3, -0.25) is 0 Å². The number of hydrogen-bond acceptors (Lipinski definition) is 3. The van der Waals surface area contributed by atoms with E-state index in [4.69, 9.17) is 9.47 Å². The number of hydrogen-bond donors (Lipinski definition) is 1. The summed E-state index contributed by atoms with van der Waals surface area (Å²) in [5.74, 6) is 0.561. The van der Waals surface area contributed by atoms with E-state index in [9.17, 15) is 0 Å². The molecule has 0 bridgehead atoms. The van der Waals surface area contributed by atoms with Crippen LogP contribution in [0.15, 0.2) is 36.9 Å². The standard InChI is InChI=1S/C16H23NO2/c1-2-3-9-18-11-8-17-16-6-4-5-14(12-16)15-7-10-19-13-15/h2,4-6,12,15,17H,1,3,7-11,13H2. The molecule has 1 atom stereocenters. The van der Waals surface area contributed by atoms with Gasteiger partial charge in [0.1, 0.15) is 0 Å². The molecule has 1 aliphatic heterocycles. The molecule has 104 valence electrons. The molecular weight excluding hydrogens is 238 g/mol. The van der Waals surface area contributed by atoms with Crippen LogP contribution in [0.5, 0.6) is 0 Å². The van der Waals surface area contributed by atoms with Crippen molar-refractivity contribution in [2.75, 3.05) is 38.3 Å². The molecule has 1 aliphatic rings. The number of nitrogens with one attached hydrogen (secondary N) is 1. The summed E-state index contributed by atoms with van der Waals surface area (Å²) in [7, 11) is 0. The fourth-order valence-corrected chi connectivity index (χ4v) is 2.24. The van der Waals surface area contributed by atoms with Crippen LogP contribution in [0.1, 0.15) is 24.3 Å². The molecule has 1 aromatic carbocycles. The molecule has 1 fully saturated rings. The molecule has 0 aliphatic carbocycles. The molecule has 3 heteroatoms. The van der Waals surface area contributed by atoms with Crippen molar-refractivity contribution in [3.05, 3.63) is 42.5 Å². The molecule has 0 radical (unpaired) electrons. The highest BCUT2D eigenvalue weighted by atomic mass is 16.5. The van der Waals surface area contributed by atoms with Gasteiger partial charge < -0.3 is 14.8 Å². The van der Waals surface area contributed by atoms with Crippen LogP contribution in [0.3, 0.4) is 0 Å². The lowest BCUT2D eigenvalue weighted by atomic mass is 9.98. The first kappa shape index (κ1) is 14.1. The summed E-state index contributed by atoms with van der Waals surface area (Å²) in [4.78, 5) is 0. The summed E-state index contributed by atoms with van der Waals surface area (Å²) in [6, 6.07) is 8.62. The van der Waals surface area contributed by atoms with Gasteiger partial charge >= 0.3 is 0 Å². The van der Waals surface area contributed by atoms with Crippen LogP contribution < -0.4 is 5.32 Å². The van der Waals surface area contributed by atoms with Crippen molar-refractivity contribution in [1.29, 1.82) is 0 Å². The minimum absolute atomic E-state index is 0.561. The average molecular weight is 261 g/mol. The fraction of sp³-hybridized carbons (Fsp3) is 0.500. The van der Waals surface area contributed by atoms with Crippen LogP contribution in [0.2, 0.25) is 0 Å². The first-order valence-corrected chi connectivity index (χ1v) is 7.00. The molecule has 1 N–H and O–H groups in total. The zero-order chi connectivity index (χ0) is 13.3. The molecule has 0 saturated carbocycles. The van der Waals surface area contributed by atoms with Crippen molar-refractivity contribution < 1.29 is 9.47 Å². The van der Waals surface area contributed by atoms with E-state index in [2.05, 4.69) is 36.2 Å². The first-order valence-electron chi connectivity index (χ1n) is 7.00. The topological polar surface area (TPSA) is 30.5 Å². The predicted octanol–water partition coefficient (Wildman–Crippen LogP) is 3.20. The third-order valence-corrected chi connectivity index (χ3v) is 3.33. The first-order chi connectivity index (χ1) is 9.40. The largest absolute Gasteiger partial charge is 0.383 e. The maximum Gasteiger partial charge on any atom is 0.0639 e. The van der Waals surface area contributed by atoms with E-state index in [1.165, 1.54) is 5.56 Å². The highest BCUT2D eigenvalue weighted by Crippen LogP contribution is 2.26. The Morgan fingerprint density at radius 1 is 1.42 bits per heavy atom. The number of rotatable bonds is 8. The van der Waals surface area contributed by atoms with E-state index >= 15 is 0 Å². The molecule has 0 amide bonds. The molecular formula is C16H23NO2. The Morgan fingerprint density at radius 3 is 3.16 bits per heavy atom. The minimum atomic E-state index is 0.561. The quantitative estimate of drug-likeness (QED) is 0.576.